The third-order valence-electron chi connectivity index (χ3n) is 3.61. The molecule has 0 N–H and O–H groups in total. The lowest BCUT2D eigenvalue weighted by Crippen LogP contribution is -2.45. The Labute approximate surface area is 118 Å². The summed E-state index contributed by atoms with van der Waals surface area (Å²) in [7, 11) is 0. The van der Waals surface area contributed by atoms with E-state index in [4.69, 9.17) is 11.3 Å². The van der Waals surface area contributed by atoms with Crippen molar-refractivity contribution in [2.75, 3.05) is 18.0 Å². The Morgan fingerprint density at radius 1 is 1.25 bits per heavy atom. The van der Waals surface area contributed by atoms with Gasteiger partial charge in [-0.15, -0.1) is 0 Å². The van der Waals surface area contributed by atoms with E-state index in [0.29, 0.717) is 5.69 Å². The minimum Gasteiger partial charge on any atom is -0.372 e. The number of rotatable bonds is 1. The van der Waals surface area contributed by atoms with E-state index in [1.807, 2.05) is 24.3 Å². The number of morpholine rings is 1. The van der Waals surface area contributed by atoms with Crippen molar-refractivity contribution in [1.82, 2.24) is 4.98 Å². The van der Waals surface area contributed by atoms with Crippen LogP contribution in [0.4, 0.5) is 11.4 Å². The smallest absolute Gasteiger partial charge is 0.213 e. The van der Waals surface area contributed by atoms with Gasteiger partial charge < -0.3 is 9.64 Å². The molecule has 0 spiro atoms. The van der Waals surface area contributed by atoms with Gasteiger partial charge in [0.15, 0.2) is 0 Å². The second-order valence-electron chi connectivity index (χ2n) is 5.28. The highest BCUT2D eigenvalue weighted by atomic mass is 16.5. The lowest BCUT2D eigenvalue weighted by Gasteiger charge is -2.37. The monoisotopic (exact) mass is 267 g/mol. The molecule has 0 aliphatic carbocycles. The van der Waals surface area contributed by atoms with Crippen LogP contribution in [0.1, 0.15) is 13.8 Å². The number of pyridine rings is 1. The first-order valence-electron chi connectivity index (χ1n) is 6.84. The summed E-state index contributed by atoms with van der Waals surface area (Å²) < 4.78 is 5.79. The fraction of sp³-hybridized carbons (Fsp3) is 0.375. The molecule has 1 aliphatic heterocycles. The van der Waals surface area contributed by atoms with Crippen LogP contribution < -0.4 is 4.90 Å². The molecule has 2 atom stereocenters. The maximum atomic E-state index is 7.26. The van der Waals surface area contributed by atoms with E-state index < -0.39 is 0 Å². The summed E-state index contributed by atoms with van der Waals surface area (Å²) in [5, 5.41) is 1.04. The standard InChI is InChI=1S/C16H17N3O/c1-11-9-19(10-12(2)20-11)15-7-6-14(17-3)16-13(15)5-4-8-18-16/h4-8,11-12H,9-10H2,1-2H3/t11-,12+. The van der Waals surface area contributed by atoms with E-state index in [-0.39, 0.29) is 12.2 Å². The van der Waals surface area contributed by atoms with Crippen molar-refractivity contribution in [3.63, 3.8) is 0 Å². The third kappa shape index (κ3) is 2.21. The second-order valence-corrected chi connectivity index (χ2v) is 5.28. The van der Waals surface area contributed by atoms with E-state index in [0.717, 1.165) is 29.7 Å². The first-order chi connectivity index (χ1) is 9.69. The zero-order valence-electron chi connectivity index (χ0n) is 11.7. The Kier molecular flexibility index (Phi) is 3.29. The van der Waals surface area contributed by atoms with Crippen LogP contribution in [0.15, 0.2) is 30.5 Å². The van der Waals surface area contributed by atoms with E-state index in [1.54, 1.807) is 6.20 Å². The summed E-state index contributed by atoms with van der Waals surface area (Å²) in [5.74, 6) is 0. The van der Waals surface area contributed by atoms with Crippen LogP contribution in [0.5, 0.6) is 0 Å². The lowest BCUT2D eigenvalue weighted by molar-refractivity contribution is -0.00513. The molecule has 1 aromatic heterocycles. The normalized spacial score (nSPS) is 22.8. The molecule has 0 saturated carbocycles. The molecule has 1 saturated heterocycles. The lowest BCUT2D eigenvalue weighted by atomic mass is 10.1. The van der Waals surface area contributed by atoms with Gasteiger partial charge in [0.05, 0.1) is 24.3 Å². The maximum Gasteiger partial charge on any atom is 0.213 e. The first-order valence-corrected chi connectivity index (χ1v) is 6.84. The molecule has 2 aromatic rings. The van der Waals surface area contributed by atoms with Gasteiger partial charge in [0, 0.05) is 30.4 Å². The molecule has 102 valence electrons. The van der Waals surface area contributed by atoms with Crippen molar-refractivity contribution in [3.8, 4) is 0 Å². The van der Waals surface area contributed by atoms with Crippen LogP contribution in [0.25, 0.3) is 15.7 Å². The minimum absolute atomic E-state index is 0.214. The summed E-state index contributed by atoms with van der Waals surface area (Å²) in [6, 6.07) is 7.86. The van der Waals surface area contributed by atoms with Gasteiger partial charge in [-0.3, -0.25) is 4.98 Å². The summed E-state index contributed by atoms with van der Waals surface area (Å²) >= 11 is 0. The quantitative estimate of drug-likeness (QED) is 0.742. The average molecular weight is 267 g/mol. The van der Waals surface area contributed by atoms with Crippen molar-refractivity contribution in [2.24, 2.45) is 0 Å². The number of hydrogen-bond acceptors (Lipinski definition) is 3. The zero-order chi connectivity index (χ0) is 14.1. The molecular weight excluding hydrogens is 250 g/mol. The fourth-order valence-electron chi connectivity index (χ4n) is 2.88. The maximum absolute atomic E-state index is 7.26. The van der Waals surface area contributed by atoms with Crippen LogP contribution in [0.3, 0.4) is 0 Å². The summed E-state index contributed by atoms with van der Waals surface area (Å²) in [6.07, 6.45) is 2.17. The van der Waals surface area contributed by atoms with Gasteiger partial charge in [0.1, 0.15) is 0 Å². The fourth-order valence-corrected chi connectivity index (χ4v) is 2.88. The Morgan fingerprint density at radius 3 is 2.70 bits per heavy atom. The molecule has 4 nitrogen and oxygen atoms in total. The topological polar surface area (TPSA) is 29.7 Å². The Bertz CT molecular complexity index is 667. The van der Waals surface area contributed by atoms with Crippen molar-refractivity contribution in [3.05, 3.63) is 41.9 Å². The largest absolute Gasteiger partial charge is 0.372 e. The molecule has 1 fully saturated rings. The highest BCUT2D eigenvalue weighted by molar-refractivity contribution is 5.99. The third-order valence-corrected chi connectivity index (χ3v) is 3.61. The van der Waals surface area contributed by atoms with Gasteiger partial charge in [-0.25, -0.2) is 4.85 Å². The molecule has 20 heavy (non-hydrogen) atoms. The number of aromatic nitrogens is 1. The van der Waals surface area contributed by atoms with Crippen molar-refractivity contribution >= 4 is 22.3 Å². The highest BCUT2D eigenvalue weighted by Crippen LogP contribution is 2.33. The Hall–Kier alpha value is -2.12. The molecule has 0 bridgehead atoms. The molecule has 0 unspecified atom stereocenters. The van der Waals surface area contributed by atoms with Gasteiger partial charge in [-0.05, 0) is 26.0 Å². The van der Waals surface area contributed by atoms with Gasteiger partial charge in [0.25, 0.3) is 0 Å². The minimum atomic E-state index is 0.214. The van der Waals surface area contributed by atoms with Crippen molar-refractivity contribution in [1.29, 1.82) is 0 Å². The number of anilines is 1. The predicted octanol–water partition coefficient (Wildman–Crippen LogP) is 3.40. The Balaban J connectivity index is 2.11. The van der Waals surface area contributed by atoms with E-state index in [1.165, 1.54) is 0 Å². The van der Waals surface area contributed by atoms with Crippen LogP contribution in [-0.2, 0) is 4.74 Å². The van der Waals surface area contributed by atoms with Gasteiger partial charge in [-0.2, -0.15) is 0 Å². The van der Waals surface area contributed by atoms with Crippen molar-refractivity contribution in [2.45, 2.75) is 26.1 Å². The molecule has 1 aromatic carbocycles. The SMILES string of the molecule is [C-]#[N+]c1ccc(N2C[C@@H](C)O[C@@H](C)C2)c2cccnc12. The first kappa shape index (κ1) is 12.9. The van der Waals surface area contributed by atoms with Crippen LogP contribution in [0.2, 0.25) is 0 Å². The van der Waals surface area contributed by atoms with Gasteiger partial charge in [-0.1, -0.05) is 12.1 Å². The molecule has 3 rings (SSSR count). The summed E-state index contributed by atoms with van der Waals surface area (Å²) in [6.45, 7) is 13.2. The molecule has 0 radical (unpaired) electrons. The summed E-state index contributed by atoms with van der Waals surface area (Å²) in [4.78, 5) is 10.3. The zero-order valence-corrected chi connectivity index (χ0v) is 11.7. The number of fused-ring (bicyclic) bond motifs is 1. The highest BCUT2D eigenvalue weighted by Gasteiger charge is 2.23. The van der Waals surface area contributed by atoms with Crippen molar-refractivity contribution < 1.29 is 4.74 Å². The van der Waals surface area contributed by atoms with Crippen LogP contribution in [0, 0.1) is 6.57 Å². The predicted molar refractivity (Wildman–Crippen MR) is 80.2 cm³/mol. The number of nitrogens with zero attached hydrogens (tertiary/aromatic N) is 3. The number of hydrogen-bond donors (Lipinski definition) is 0. The van der Waals surface area contributed by atoms with E-state index >= 15 is 0 Å². The molecule has 1 aliphatic rings. The second kappa shape index (κ2) is 5.10. The van der Waals surface area contributed by atoms with Gasteiger partial charge >= 0.3 is 0 Å². The molecule has 0 amide bonds. The number of benzene rings is 1. The van der Waals surface area contributed by atoms with E-state index in [2.05, 4.69) is 28.6 Å². The van der Waals surface area contributed by atoms with Crippen LogP contribution >= 0.6 is 0 Å². The summed E-state index contributed by atoms with van der Waals surface area (Å²) in [5.41, 5.74) is 2.54. The van der Waals surface area contributed by atoms with E-state index in [9.17, 15) is 0 Å². The van der Waals surface area contributed by atoms with Gasteiger partial charge in [0.2, 0.25) is 5.69 Å². The molecule has 4 heteroatoms. The van der Waals surface area contributed by atoms with Crippen LogP contribution in [-0.4, -0.2) is 30.3 Å². The molecule has 2 heterocycles. The Morgan fingerprint density at radius 2 is 2.00 bits per heavy atom. The number of ether oxygens (including phenoxy) is 1. The molecular formula is C16H17N3O. The average Bonchev–Trinajstić information content (AvgIpc) is 2.45.